The van der Waals surface area contributed by atoms with Crippen LogP contribution in [0.25, 0.3) is 5.73 Å². The molecule has 2 unspecified atom stereocenters. The number of carbonyl (C=O) groups excluding carboxylic acids is 1. The topological polar surface area (TPSA) is 67.9 Å². The van der Waals surface area contributed by atoms with Crippen molar-refractivity contribution in [3.8, 4) is 6.07 Å². The molecular formula is C8H11FN3OY-. The third kappa shape index (κ3) is 2.98. The summed E-state index contributed by atoms with van der Waals surface area (Å²) in [6.45, 7) is 1.38. The van der Waals surface area contributed by atoms with Crippen molar-refractivity contribution in [2.24, 2.45) is 0 Å². The number of likely N-dealkylation sites (tertiary alicyclic amines) is 1. The number of nitriles is 1. The first kappa shape index (κ1) is 14.0. The Morgan fingerprint density at radius 2 is 2.36 bits per heavy atom. The third-order valence-electron chi connectivity index (χ3n) is 2.05. The largest absolute Gasteiger partial charge is 0.667 e. The SMILES string of the molecule is CC([NH-])C(=O)N1CC(F)C[C@H]1C#N.[Y]. The van der Waals surface area contributed by atoms with E-state index in [0.29, 0.717) is 0 Å². The maximum absolute atomic E-state index is 12.8. The normalized spacial score (nSPS) is 27.7. The summed E-state index contributed by atoms with van der Waals surface area (Å²) in [5, 5.41) is 8.61. The van der Waals surface area contributed by atoms with Crippen LogP contribution < -0.4 is 0 Å². The number of nitrogens with one attached hydrogen (secondary N) is 1. The molecule has 0 aromatic rings. The van der Waals surface area contributed by atoms with Crippen molar-refractivity contribution >= 4 is 5.91 Å². The zero-order valence-electron chi connectivity index (χ0n) is 7.90. The quantitative estimate of drug-likeness (QED) is 0.711. The molecule has 1 aliphatic heterocycles. The molecule has 1 radical (unpaired) electrons. The average Bonchev–Trinajstić information content (AvgIpc) is 2.45. The van der Waals surface area contributed by atoms with Gasteiger partial charge in [0.05, 0.1) is 12.6 Å². The monoisotopic (exact) mass is 273 g/mol. The summed E-state index contributed by atoms with van der Waals surface area (Å²) in [4.78, 5) is 12.4. The number of halogens is 1. The van der Waals surface area contributed by atoms with Crippen LogP contribution in [0, 0.1) is 11.3 Å². The molecule has 6 heteroatoms. The second-order valence-corrected chi connectivity index (χ2v) is 3.19. The van der Waals surface area contributed by atoms with E-state index < -0.39 is 24.2 Å². The summed E-state index contributed by atoms with van der Waals surface area (Å²) in [5.41, 5.74) is 7.16. The maximum atomic E-state index is 12.8. The summed E-state index contributed by atoms with van der Waals surface area (Å²) < 4.78 is 12.8. The van der Waals surface area contributed by atoms with E-state index in [2.05, 4.69) is 0 Å². The van der Waals surface area contributed by atoms with E-state index >= 15 is 0 Å². The Hall–Kier alpha value is -0.0461. The Morgan fingerprint density at radius 3 is 2.79 bits per heavy atom. The Balaban J connectivity index is 0.00000169. The standard InChI is InChI=1S/C8H11FN3O.Y/c1-5(11)8(13)12-4-6(9)2-7(12)3-10;/h5-7,11H,2,4H2,1H3;/q-1;/t5?,6?,7-;/m0./s1. The number of hydrogen-bond donors (Lipinski definition) is 0. The van der Waals surface area contributed by atoms with Gasteiger partial charge in [0, 0.05) is 39.1 Å². The molecule has 14 heavy (non-hydrogen) atoms. The molecule has 1 fully saturated rings. The Morgan fingerprint density at radius 1 is 1.79 bits per heavy atom. The zero-order chi connectivity index (χ0) is 10.0. The fourth-order valence-electron chi connectivity index (χ4n) is 1.40. The Bertz CT molecular complexity index is 253. The van der Waals surface area contributed by atoms with Gasteiger partial charge in [-0.15, -0.1) is 0 Å². The molecule has 1 aliphatic rings. The molecule has 1 saturated heterocycles. The minimum absolute atomic E-state index is 0. The first-order valence-electron chi connectivity index (χ1n) is 4.11. The van der Waals surface area contributed by atoms with Gasteiger partial charge in [0.2, 0.25) is 5.91 Å². The van der Waals surface area contributed by atoms with Gasteiger partial charge in [0.25, 0.3) is 0 Å². The first-order valence-corrected chi connectivity index (χ1v) is 4.11. The number of rotatable bonds is 1. The van der Waals surface area contributed by atoms with Crippen LogP contribution in [0.15, 0.2) is 0 Å². The molecule has 0 aromatic carbocycles. The fourth-order valence-corrected chi connectivity index (χ4v) is 1.40. The predicted molar refractivity (Wildman–Crippen MR) is 44.4 cm³/mol. The molecular weight excluding hydrogens is 262 g/mol. The molecule has 0 saturated carbocycles. The van der Waals surface area contributed by atoms with E-state index in [0.717, 1.165) is 4.90 Å². The van der Waals surface area contributed by atoms with Crippen LogP contribution in [-0.2, 0) is 37.5 Å². The molecule has 0 bridgehead atoms. The number of alkyl halides is 1. The number of amides is 1. The van der Waals surface area contributed by atoms with E-state index in [-0.39, 0.29) is 45.7 Å². The molecule has 75 valence electrons. The van der Waals surface area contributed by atoms with Crippen molar-refractivity contribution in [2.45, 2.75) is 31.6 Å². The molecule has 0 spiro atoms. The molecule has 1 heterocycles. The van der Waals surface area contributed by atoms with Crippen molar-refractivity contribution in [1.82, 2.24) is 4.90 Å². The van der Waals surface area contributed by atoms with Gasteiger partial charge in [-0.2, -0.15) is 5.26 Å². The van der Waals surface area contributed by atoms with Crippen LogP contribution in [0.4, 0.5) is 4.39 Å². The third-order valence-corrected chi connectivity index (χ3v) is 2.05. The van der Waals surface area contributed by atoms with Crippen LogP contribution in [0.3, 0.4) is 0 Å². The van der Waals surface area contributed by atoms with Crippen molar-refractivity contribution in [1.29, 1.82) is 5.26 Å². The summed E-state index contributed by atoms with van der Waals surface area (Å²) in [6.07, 6.45) is -1.04. The van der Waals surface area contributed by atoms with Crippen molar-refractivity contribution < 1.29 is 41.9 Å². The summed E-state index contributed by atoms with van der Waals surface area (Å²) in [6, 6.07) is 0.261. The summed E-state index contributed by atoms with van der Waals surface area (Å²) in [7, 11) is 0. The van der Waals surface area contributed by atoms with E-state index in [9.17, 15) is 9.18 Å². The number of carbonyl (C=O) groups is 1. The van der Waals surface area contributed by atoms with Gasteiger partial charge < -0.3 is 10.6 Å². The smallest absolute Gasteiger partial charge is 0.205 e. The van der Waals surface area contributed by atoms with Gasteiger partial charge in [-0.25, -0.2) is 4.39 Å². The molecule has 3 atom stereocenters. The van der Waals surface area contributed by atoms with Crippen LogP contribution in [-0.4, -0.2) is 35.6 Å². The number of hydrogen-bond acceptors (Lipinski definition) is 2. The van der Waals surface area contributed by atoms with Gasteiger partial charge in [-0.1, -0.05) is 13.0 Å². The Kier molecular flexibility index (Phi) is 5.72. The van der Waals surface area contributed by atoms with Crippen molar-refractivity contribution in [3.63, 3.8) is 0 Å². The fraction of sp³-hybridized carbons (Fsp3) is 0.750. The molecule has 1 N–H and O–H groups in total. The second-order valence-electron chi connectivity index (χ2n) is 3.19. The van der Waals surface area contributed by atoms with Crippen LogP contribution >= 0.6 is 0 Å². The van der Waals surface area contributed by atoms with Crippen LogP contribution in [0.1, 0.15) is 13.3 Å². The molecule has 1 amide bonds. The van der Waals surface area contributed by atoms with E-state index in [1.165, 1.54) is 6.92 Å². The maximum Gasteiger partial charge on any atom is 0.205 e. The molecule has 0 aliphatic carbocycles. The van der Waals surface area contributed by atoms with E-state index in [4.69, 9.17) is 11.0 Å². The van der Waals surface area contributed by atoms with Crippen molar-refractivity contribution in [3.05, 3.63) is 5.73 Å². The number of nitrogens with zero attached hydrogens (tertiary/aromatic N) is 2. The minimum atomic E-state index is -1.12. The van der Waals surface area contributed by atoms with E-state index in [1.807, 2.05) is 6.07 Å². The van der Waals surface area contributed by atoms with Gasteiger partial charge in [0.1, 0.15) is 12.2 Å². The summed E-state index contributed by atoms with van der Waals surface area (Å²) >= 11 is 0. The second kappa shape index (κ2) is 5.74. The van der Waals surface area contributed by atoms with E-state index in [1.54, 1.807) is 0 Å². The first-order chi connectivity index (χ1) is 6.06. The predicted octanol–water partition coefficient (Wildman–Crippen LogP) is 0.887. The minimum Gasteiger partial charge on any atom is -0.667 e. The van der Waals surface area contributed by atoms with Gasteiger partial charge in [-0.3, -0.25) is 4.79 Å². The van der Waals surface area contributed by atoms with Gasteiger partial charge in [0.15, 0.2) is 0 Å². The zero-order valence-corrected chi connectivity index (χ0v) is 10.7. The summed E-state index contributed by atoms with van der Waals surface area (Å²) in [5.74, 6) is -0.466. The molecule has 0 aromatic heterocycles. The Labute approximate surface area is 107 Å². The van der Waals surface area contributed by atoms with Crippen LogP contribution in [0.2, 0.25) is 0 Å². The molecule has 4 nitrogen and oxygen atoms in total. The van der Waals surface area contributed by atoms with Gasteiger partial charge >= 0.3 is 0 Å². The molecule has 1 rings (SSSR count). The van der Waals surface area contributed by atoms with Crippen molar-refractivity contribution in [2.75, 3.05) is 6.54 Å². The van der Waals surface area contributed by atoms with Crippen LogP contribution in [0.5, 0.6) is 0 Å². The average molecular weight is 273 g/mol. The van der Waals surface area contributed by atoms with Gasteiger partial charge in [-0.05, 0) is 0 Å².